The number of fused-ring (bicyclic) bond motifs is 1. The number of carbonyl (C=O) groups excluding carboxylic acids is 2. The van der Waals surface area contributed by atoms with Gasteiger partial charge in [0.2, 0.25) is 0 Å². The van der Waals surface area contributed by atoms with Crippen LogP contribution in [0.15, 0.2) is 17.3 Å². The summed E-state index contributed by atoms with van der Waals surface area (Å²) in [5, 5.41) is 4.26. The van der Waals surface area contributed by atoms with Gasteiger partial charge in [-0.3, -0.25) is 23.6 Å². The van der Waals surface area contributed by atoms with E-state index in [4.69, 9.17) is 4.74 Å². The van der Waals surface area contributed by atoms with Gasteiger partial charge in [0.25, 0.3) is 11.5 Å². The van der Waals surface area contributed by atoms with Crippen LogP contribution in [0, 0.1) is 0 Å². The van der Waals surface area contributed by atoms with Crippen LogP contribution in [-0.2, 0) is 27.9 Å². The van der Waals surface area contributed by atoms with Crippen LogP contribution in [0.5, 0.6) is 0 Å². The van der Waals surface area contributed by atoms with Gasteiger partial charge in [-0.2, -0.15) is 5.10 Å². The molecule has 0 saturated heterocycles. The van der Waals surface area contributed by atoms with E-state index in [1.54, 1.807) is 14.1 Å². The molecule has 9 nitrogen and oxygen atoms in total. The van der Waals surface area contributed by atoms with Gasteiger partial charge in [0, 0.05) is 20.1 Å². The van der Waals surface area contributed by atoms with Gasteiger partial charge in [0.05, 0.1) is 6.20 Å². The number of rotatable bonds is 5. The average Bonchev–Trinajstić information content (AvgIpc) is 2.89. The fourth-order valence-corrected chi connectivity index (χ4v) is 1.90. The Bertz CT molecular complexity index is 792. The first-order valence-electron chi connectivity index (χ1n) is 7.09. The molecule has 0 saturated carbocycles. The van der Waals surface area contributed by atoms with Crippen molar-refractivity contribution in [2.75, 3.05) is 13.7 Å². The second-order valence-electron chi connectivity index (χ2n) is 5.44. The highest BCUT2D eigenvalue weighted by atomic mass is 16.5. The summed E-state index contributed by atoms with van der Waals surface area (Å²) in [7, 11) is 3.30. The molecule has 0 aliphatic carbocycles. The van der Waals surface area contributed by atoms with Crippen molar-refractivity contribution in [2.45, 2.75) is 26.4 Å². The summed E-state index contributed by atoms with van der Waals surface area (Å²) in [6.07, 6.45) is 2.66. The number of amides is 1. The van der Waals surface area contributed by atoms with E-state index in [-0.39, 0.29) is 30.7 Å². The summed E-state index contributed by atoms with van der Waals surface area (Å²) < 4.78 is 7.51. The Labute approximate surface area is 132 Å². The monoisotopic (exact) mass is 321 g/mol. The number of esters is 1. The molecule has 0 aliphatic rings. The second-order valence-corrected chi connectivity index (χ2v) is 5.44. The topological polar surface area (TPSA) is 99.3 Å². The largest absolute Gasteiger partial charge is 0.454 e. The molecule has 9 heteroatoms. The number of aromatic nitrogens is 4. The lowest BCUT2D eigenvalue weighted by Crippen LogP contribution is -2.36. The van der Waals surface area contributed by atoms with E-state index in [0.717, 1.165) is 4.57 Å². The fourth-order valence-electron chi connectivity index (χ4n) is 1.90. The van der Waals surface area contributed by atoms with E-state index >= 15 is 0 Å². The molecule has 0 unspecified atom stereocenters. The van der Waals surface area contributed by atoms with Crippen LogP contribution in [0.25, 0.3) is 11.0 Å². The predicted molar refractivity (Wildman–Crippen MR) is 81.6 cm³/mol. The minimum absolute atomic E-state index is 0.0148. The highest BCUT2D eigenvalue weighted by molar-refractivity contribution is 5.80. The lowest BCUT2D eigenvalue weighted by molar-refractivity contribution is -0.152. The average molecular weight is 321 g/mol. The number of nitrogens with zero attached hydrogens (tertiary/aromatic N) is 5. The highest BCUT2D eigenvalue weighted by Crippen LogP contribution is 2.03. The quantitative estimate of drug-likeness (QED) is 0.691. The lowest BCUT2D eigenvalue weighted by Gasteiger charge is -2.21. The Hall–Kier alpha value is -2.71. The van der Waals surface area contributed by atoms with Crippen LogP contribution in [0.3, 0.4) is 0 Å². The molecular weight excluding hydrogens is 302 g/mol. The normalized spacial score (nSPS) is 11.0. The summed E-state index contributed by atoms with van der Waals surface area (Å²) in [4.78, 5) is 41.3. The lowest BCUT2D eigenvalue weighted by atomic mass is 10.3. The van der Waals surface area contributed by atoms with Gasteiger partial charge in [0.15, 0.2) is 12.3 Å². The van der Waals surface area contributed by atoms with Gasteiger partial charge >= 0.3 is 5.97 Å². The molecule has 124 valence electrons. The zero-order valence-corrected chi connectivity index (χ0v) is 13.5. The number of hydrogen-bond acceptors (Lipinski definition) is 6. The number of carbonyl (C=O) groups is 2. The fraction of sp³-hybridized carbons (Fsp3) is 0.500. The highest BCUT2D eigenvalue weighted by Gasteiger charge is 2.16. The first-order chi connectivity index (χ1) is 10.8. The van der Waals surface area contributed by atoms with Crippen molar-refractivity contribution >= 4 is 22.9 Å². The van der Waals surface area contributed by atoms with Crippen LogP contribution in [0.2, 0.25) is 0 Å². The SMILES string of the molecule is CC(C)N(C)C(=O)COC(=O)Cn1cnc2c(cnn2C)c1=O. The second kappa shape index (κ2) is 6.59. The predicted octanol–water partition coefficient (Wildman–Crippen LogP) is -0.460. The van der Waals surface area contributed by atoms with Gasteiger partial charge in [0.1, 0.15) is 18.3 Å². The summed E-state index contributed by atoms with van der Waals surface area (Å²) in [6, 6.07) is 0.0148. The molecule has 0 spiro atoms. The number of likely N-dealkylation sites (N-methyl/N-ethyl adjacent to an activating group) is 1. The maximum Gasteiger partial charge on any atom is 0.326 e. The van der Waals surface area contributed by atoms with Crippen LogP contribution in [0.4, 0.5) is 0 Å². The van der Waals surface area contributed by atoms with Crippen molar-refractivity contribution in [1.82, 2.24) is 24.2 Å². The van der Waals surface area contributed by atoms with Gasteiger partial charge in [-0.05, 0) is 13.8 Å². The van der Waals surface area contributed by atoms with E-state index in [0.29, 0.717) is 11.0 Å². The molecule has 2 aromatic heterocycles. The number of ether oxygens (including phenoxy) is 1. The smallest absolute Gasteiger partial charge is 0.326 e. The van der Waals surface area contributed by atoms with E-state index in [1.807, 2.05) is 13.8 Å². The summed E-state index contributed by atoms with van der Waals surface area (Å²) >= 11 is 0. The van der Waals surface area contributed by atoms with Crippen LogP contribution in [-0.4, -0.2) is 55.8 Å². The molecule has 0 radical (unpaired) electrons. The number of hydrogen-bond donors (Lipinski definition) is 0. The van der Waals surface area contributed by atoms with Gasteiger partial charge in [-0.15, -0.1) is 0 Å². The first kappa shape index (κ1) is 16.7. The van der Waals surface area contributed by atoms with Gasteiger partial charge in [-0.1, -0.05) is 0 Å². The third kappa shape index (κ3) is 3.55. The first-order valence-corrected chi connectivity index (χ1v) is 7.09. The Morgan fingerprint density at radius 2 is 2.09 bits per heavy atom. The van der Waals surface area contributed by atoms with Crippen LogP contribution >= 0.6 is 0 Å². The Morgan fingerprint density at radius 3 is 2.74 bits per heavy atom. The summed E-state index contributed by atoms with van der Waals surface area (Å²) in [6.45, 7) is 3.04. The molecule has 0 bridgehead atoms. The summed E-state index contributed by atoms with van der Waals surface area (Å²) in [5.74, 6) is -0.982. The third-order valence-electron chi connectivity index (χ3n) is 3.54. The standard InChI is InChI=1S/C14H19N5O4/c1-9(2)17(3)11(20)7-23-12(21)6-19-8-15-13-10(14(19)22)5-16-18(13)4/h5,8-9H,6-7H2,1-4H3. The molecule has 0 aliphatic heterocycles. The zero-order valence-electron chi connectivity index (χ0n) is 13.5. The minimum atomic E-state index is -0.678. The van der Waals surface area contributed by atoms with Gasteiger partial charge < -0.3 is 9.64 Å². The molecule has 0 aromatic carbocycles. The van der Waals surface area contributed by atoms with E-state index < -0.39 is 5.97 Å². The molecule has 2 heterocycles. The Balaban J connectivity index is 2.02. The molecule has 0 atom stereocenters. The van der Waals surface area contributed by atoms with E-state index in [1.165, 1.54) is 22.1 Å². The molecule has 0 N–H and O–H groups in total. The van der Waals surface area contributed by atoms with Crippen molar-refractivity contribution in [3.63, 3.8) is 0 Å². The molecular formula is C14H19N5O4. The number of aryl methyl sites for hydroxylation is 1. The van der Waals surface area contributed by atoms with Crippen molar-refractivity contribution in [3.8, 4) is 0 Å². The molecule has 1 amide bonds. The van der Waals surface area contributed by atoms with Crippen LogP contribution < -0.4 is 5.56 Å². The van der Waals surface area contributed by atoms with Gasteiger partial charge in [-0.25, -0.2) is 4.98 Å². The third-order valence-corrected chi connectivity index (χ3v) is 3.54. The van der Waals surface area contributed by atoms with E-state index in [2.05, 4.69) is 10.1 Å². The van der Waals surface area contributed by atoms with Crippen molar-refractivity contribution in [3.05, 3.63) is 22.9 Å². The Kier molecular flexibility index (Phi) is 4.77. The van der Waals surface area contributed by atoms with Crippen molar-refractivity contribution in [2.24, 2.45) is 7.05 Å². The molecule has 23 heavy (non-hydrogen) atoms. The minimum Gasteiger partial charge on any atom is -0.454 e. The van der Waals surface area contributed by atoms with E-state index in [9.17, 15) is 14.4 Å². The zero-order chi connectivity index (χ0) is 17.1. The maximum absolute atomic E-state index is 12.2. The van der Waals surface area contributed by atoms with Crippen LogP contribution in [0.1, 0.15) is 13.8 Å². The molecule has 0 fully saturated rings. The molecule has 2 aromatic rings. The molecule has 2 rings (SSSR count). The summed E-state index contributed by atoms with van der Waals surface area (Å²) in [5.41, 5.74) is 0.0547. The van der Waals surface area contributed by atoms with Crippen molar-refractivity contribution < 1.29 is 14.3 Å². The Morgan fingerprint density at radius 1 is 1.39 bits per heavy atom. The van der Waals surface area contributed by atoms with Crippen molar-refractivity contribution in [1.29, 1.82) is 0 Å². The maximum atomic E-state index is 12.2.